The van der Waals surface area contributed by atoms with Gasteiger partial charge in [0.15, 0.2) is 5.82 Å². The van der Waals surface area contributed by atoms with Gasteiger partial charge in [-0.2, -0.15) is 14.6 Å². The van der Waals surface area contributed by atoms with E-state index in [1.165, 1.54) is 15.9 Å². The van der Waals surface area contributed by atoms with Crippen molar-refractivity contribution in [3.05, 3.63) is 99.3 Å². The highest BCUT2D eigenvalue weighted by atomic mass is 32.1. The molecule has 0 aliphatic heterocycles. The van der Waals surface area contributed by atoms with Crippen LogP contribution in [0.3, 0.4) is 0 Å². The van der Waals surface area contributed by atoms with E-state index >= 15 is 0 Å². The molecule has 0 unspecified atom stereocenters. The number of para-hydroxylation sites is 1. The van der Waals surface area contributed by atoms with Crippen molar-refractivity contribution < 1.29 is 9.15 Å². The molecule has 172 valence electrons. The van der Waals surface area contributed by atoms with Crippen LogP contribution in [0.15, 0.2) is 82.3 Å². The monoisotopic (exact) mass is 481 g/mol. The van der Waals surface area contributed by atoms with Gasteiger partial charge in [0.25, 0.3) is 5.56 Å². The maximum atomic E-state index is 13.2. The number of fused-ring (bicyclic) bond motifs is 1. The molecule has 0 spiro atoms. The van der Waals surface area contributed by atoms with E-state index < -0.39 is 0 Å². The zero-order chi connectivity index (χ0) is 23.9. The molecule has 0 saturated heterocycles. The van der Waals surface area contributed by atoms with Crippen LogP contribution < -0.4 is 14.8 Å². The van der Waals surface area contributed by atoms with Gasteiger partial charge in [-0.3, -0.25) is 4.79 Å². The summed E-state index contributed by atoms with van der Waals surface area (Å²) in [7, 11) is 1.63. The molecule has 0 saturated carbocycles. The number of aromatic nitrogens is 5. The highest BCUT2D eigenvalue weighted by molar-refractivity contribution is 7.15. The summed E-state index contributed by atoms with van der Waals surface area (Å²) in [4.78, 5) is 18.3. The van der Waals surface area contributed by atoms with Gasteiger partial charge in [-0.1, -0.05) is 29.5 Å². The van der Waals surface area contributed by atoms with Gasteiger partial charge in [0, 0.05) is 17.3 Å². The fourth-order valence-corrected chi connectivity index (χ4v) is 4.78. The Balaban J connectivity index is 1.49. The highest BCUT2D eigenvalue weighted by Gasteiger charge is 2.16. The minimum Gasteiger partial charge on any atom is -0.497 e. The average molecular weight is 482 g/mol. The molecule has 35 heavy (non-hydrogen) atoms. The lowest BCUT2D eigenvalue weighted by molar-refractivity contribution is 0.415. The van der Waals surface area contributed by atoms with Crippen molar-refractivity contribution in [3.63, 3.8) is 0 Å². The largest absolute Gasteiger partial charge is 0.497 e. The number of furan rings is 1. The van der Waals surface area contributed by atoms with Gasteiger partial charge in [-0.05, 0) is 55.5 Å². The quantitative estimate of drug-likeness (QED) is 0.368. The number of nitrogens with zero attached hydrogens (tertiary/aromatic N) is 5. The van der Waals surface area contributed by atoms with Crippen LogP contribution in [-0.2, 0) is 0 Å². The summed E-state index contributed by atoms with van der Waals surface area (Å²) in [5, 5.41) is 9.25. The van der Waals surface area contributed by atoms with Crippen LogP contribution in [0.25, 0.3) is 39.4 Å². The molecule has 0 aliphatic carbocycles. The predicted molar refractivity (Wildman–Crippen MR) is 134 cm³/mol. The van der Waals surface area contributed by atoms with Crippen LogP contribution in [0.2, 0.25) is 0 Å². The molecule has 9 heteroatoms. The standard InChI is InChI=1S/C26H19N5O3S/c1-16-21(12-13-34-16)24-27-26-31(29-24)25(32)22(35-26)14-18-15-30(19-6-4-3-5-7-19)28-23(18)17-8-10-20(33-2)11-9-17/h3-15H,1-2H3. The van der Waals surface area contributed by atoms with Crippen LogP contribution in [0.5, 0.6) is 5.75 Å². The predicted octanol–water partition coefficient (Wildman–Crippen LogP) is 4.13. The molecule has 4 aromatic heterocycles. The lowest BCUT2D eigenvalue weighted by atomic mass is 10.1. The maximum absolute atomic E-state index is 13.2. The normalized spacial score (nSPS) is 12.0. The van der Waals surface area contributed by atoms with Crippen molar-refractivity contribution in [3.8, 4) is 34.1 Å². The van der Waals surface area contributed by atoms with E-state index in [2.05, 4.69) is 10.1 Å². The van der Waals surface area contributed by atoms with E-state index in [0.717, 1.165) is 33.8 Å². The molecule has 6 aromatic rings. The van der Waals surface area contributed by atoms with Gasteiger partial charge >= 0.3 is 0 Å². The van der Waals surface area contributed by atoms with Gasteiger partial charge in [0.2, 0.25) is 4.96 Å². The molecule has 2 aromatic carbocycles. The highest BCUT2D eigenvalue weighted by Crippen LogP contribution is 2.27. The minimum atomic E-state index is -0.224. The van der Waals surface area contributed by atoms with E-state index in [9.17, 15) is 4.79 Å². The number of ether oxygens (including phenoxy) is 1. The maximum Gasteiger partial charge on any atom is 0.291 e. The van der Waals surface area contributed by atoms with Crippen LogP contribution in [0.1, 0.15) is 11.3 Å². The Morgan fingerprint density at radius 3 is 2.51 bits per heavy atom. The first-order chi connectivity index (χ1) is 17.1. The first-order valence-electron chi connectivity index (χ1n) is 10.9. The van der Waals surface area contributed by atoms with Crippen molar-refractivity contribution >= 4 is 22.4 Å². The summed E-state index contributed by atoms with van der Waals surface area (Å²) in [5.74, 6) is 1.94. The van der Waals surface area contributed by atoms with E-state index in [-0.39, 0.29) is 5.56 Å². The molecule has 0 bridgehead atoms. The Hall–Kier alpha value is -4.50. The zero-order valence-electron chi connectivity index (χ0n) is 18.9. The van der Waals surface area contributed by atoms with E-state index in [1.807, 2.05) is 78.5 Å². The second-order valence-corrected chi connectivity index (χ2v) is 8.89. The smallest absolute Gasteiger partial charge is 0.291 e. The Morgan fingerprint density at radius 2 is 1.83 bits per heavy atom. The Morgan fingerprint density at radius 1 is 1.03 bits per heavy atom. The first kappa shape index (κ1) is 21.1. The second-order valence-electron chi connectivity index (χ2n) is 7.88. The number of thiazole rings is 1. The van der Waals surface area contributed by atoms with Crippen LogP contribution in [0, 0.1) is 6.92 Å². The molecule has 0 fully saturated rings. The molecule has 0 radical (unpaired) electrons. The molecular formula is C26H19N5O3S. The number of benzene rings is 2. The molecule has 0 N–H and O–H groups in total. The number of aryl methyl sites for hydroxylation is 1. The second kappa shape index (κ2) is 8.37. The molecular weight excluding hydrogens is 462 g/mol. The van der Waals surface area contributed by atoms with Gasteiger partial charge in [-0.15, -0.1) is 5.10 Å². The first-order valence-corrected chi connectivity index (χ1v) is 11.7. The average Bonchev–Trinajstić information content (AvgIpc) is 3.66. The summed E-state index contributed by atoms with van der Waals surface area (Å²) in [6.45, 7) is 1.84. The lowest BCUT2D eigenvalue weighted by Gasteiger charge is -2.02. The van der Waals surface area contributed by atoms with Gasteiger partial charge in [0.05, 0.1) is 29.2 Å². The van der Waals surface area contributed by atoms with Crippen molar-refractivity contribution in [1.29, 1.82) is 0 Å². The third kappa shape index (κ3) is 3.71. The summed E-state index contributed by atoms with van der Waals surface area (Å²) in [6, 6.07) is 19.3. The zero-order valence-corrected chi connectivity index (χ0v) is 19.7. The SMILES string of the molecule is COc1ccc(-c2nn(-c3ccccc3)cc2C=c2sc3nc(-c4ccoc4C)nn3c2=O)cc1. The fraction of sp³-hybridized carbons (Fsp3) is 0.0769. The molecule has 0 aliphatic rings. The van der Waals surface area contributed by atoms with E-state index in [0.29, 0.717) is 21.1 Å². The number of hydrogen-bond acceptors (Lipinski definition) is 7. The molecule has 0 atom stereocenters. The van der Waals surface area contributed by atoms with Gasteiger partial charge in [0.1, 0.15) is 17.2 Å². The van der Waals surface area contributed by atoms with E-state index in [1.54, 1.807) is 19.4 Å². The third-order valence-corrected chi connectivity index (χ3v) is 6.65. The number of rotatable bonds is 5. The summed E-state index contributed by atoms with van der Waals surface area (Å²) in [6.07, 6.45) is 5.35. The van der Waals surface area contributed by atoms with Crippen molar-refractivity contribution in [2.24, 2.45) is 0 Å². The fourth-order valence-electron chi connectivity index (χ4n) is 3.89. The van der Waals surface area contributed by atoms with Crippen molar-refractivity contribution in [2.45, 2.75) is 6.92 Å². The Bertz CT molecular complexity index is 1760. The minimum absolute atomic E-state index is 0.224. The van der Waals surface area contributed by atoms with Crippen molar-refractivity contribution in [2.75, 3.05) is 7.11 Å². The number of hydrogen-bond donors (Lipinski definition) is 0. The summed E-state index contributed by atoms with van der Waals surface area (Å²) >= 11 is 1.29. The van der Waals surface area contributed by atoms with Crippen LogP contribution in [0.4, 0.5) is 0 Å². The third-order valence-electron chi connectivity index (χ3n) is 5.69. The van der Waals surface area contributed by atoms with Gasteiger partial charge in [-0.25, -0.2) is 4.68 Å². The van der Waals surface area contributed by atoms with Crippen LogP contribution >= 0.6 is 11.3 Å². The van der Waals surface area contributed by atoms with Crippen LogP contribution in [-0.4, -0.2) is 31.5 Å². The molecule has 6 rings (SSSR count). The molecule has 0 amide bonds. The van der Waals surface area contributed by atoms with E-state index in [4.69, 9.17) is 14.3 Å². The Kier molecular flexibility index (Phi) is 5.04. The van der Waals surface area contributed by atoms with Crippen molar-refractivity contribution in [1.82, 2.24) is 24.4 Å². The number of methoxy groups -OCH3 is 1. The topological polar surface area (TPSA) is 87.4 Å². The Labute approximate surface area is 203 Å². The molecule has 8 nitrogen and oxygen atoms in total. The lowest BCUT2D eigenvalue weighted by Crippen LogP contribution is -2.23. The summed E-state index contributed by atoms with van der Waals surface area (Å²) < 4.78 is 14.3. The molecule has 4 heterocycles. The van der Waals surface area contributed by atoms with Gasteiger partial charge < -0.3 is 9.15 Å². The summed E-state index contributed by atoms with van der Waals surface area (Å²) in [5.41, 5.74) is 3.95.